The molecule has 0 radical (unpaired) electrons. The van der Waals surface area contributed by atoms with E-state index >= 15 is 0 Å². The Morgan fingerprint density at radius 2 is 2.45 bits per heavy atom. The van der Waals surface area contributed by atoms with Crippen LogP contribution in [-0.4, -0.2) is 9.55 Å². The largest absolute Gasteiger partial charge is 0.369 e. The van der Waals surface area contributed by atoms with Gasteiger partial charge in [-0.05, 0) is 18.9 Å². The molecule has 11 heavy (non-hydrogen) atoms. The van der Waals surface area contributed by atoms with Crippen LogP contribution in [0.3, 0.4) is 0 Å². The molecule has 2 rings (SSSR count). The van der Waals surface area contributed by atoms with Crippen LogP contribution in [0.2, 0.25) is 0 Å². The molecular formula is C8H11N3. The Balaban J connectivity index is 2.58. The molecule has 0 saturated carbocycles. The van der Waals surface area contributed by atoms with E-state index in [1.54, 1.807) is 0 Å². The second kappa shape index (κ2) is 2.12. The highest BCUT2D eigenvalue weighted by molar-refractivity contribution is 5.63. The van der Waals surface area contributed by atoms with Gasteiger partial charge < -0.3 is 10.3 Å². The Morgan fingerprint density at radius 3 is 3.18 bits per heavy atom. The molecule has 0 saturated heterocycles. The molecular weight excluding hydrogens is 138 g/mol. The summed E-state index contributed by atoms with van der Waals surface area (Å²) in [5, 5.41) is 0. The fourth-order valence-corrected chi connectivity index (χ4v) is 1.45. The van der Waals surface area contributed by atoms with Gasteiger partial charge in [0.1, 0.15) is 0 Å². The standard InChI is InChI=1S/C8H11N3/c1-6-3-2-4-11-7(6)5-10-8(11)9/h3,5H,2,4H2,1H3,(H2,9,10). The summed E-state index contributed by atoms with van der Waals surface area (Å²) in [6.45, 7) is 3.06. The lowest BCUT2D eigenvalue weighted by Crippen LogP contribution is -2.08. The lowest BCUT2D eigenvalue weighted by atomic mass is 10.1. The van der Waals surface area contributed by atoms with E-state index in [2.05, 4.69) is 22.6 Å². The van der Waals surface area contributed by atoms with Gasteiger partial charge in [0.15, 0.2) is 0 Å². The van der Waals surface area contributed by atoms with E-state index in [4.69, 9.17) is 5.73 Å². The first-order valence-corrected chi connectivity index (χ1v) is 3.77. The van der Waals surface area contributed by atoms with Crippen molar-refractivity contribution in [2.45, 2.75) is 19.9 Å². The van der Waals surface area contributed by atoms with Crippen LogP contribution in [0.1, 0.15) is 19.0 Å². The van der Waals surface area contributed by atoms with Crippen LogP contribution in [0, 0.1) is 0 Å². The van der Waals surface area contributed by atoms with Crippen molar-refractivity contribution in [3.63, 3.8) is 0 Å². The molecule has 1 aliphatic rings. The van der Waals surface area contributed by atoms with E-state index in [9.17, 15) is 0 Å². The van der Waals surface area contributed by atoms with E-state index in [1.807, 2.05) is 6.20 Å². The third-order valence-electron chi connectivity index (χ3n) is 2.09. The zero-order valence-electron chi connectivity index (χ0n) is 6.54. The fraction of sp³-hybridized carbons (Fsp3) is 0.375. The maximum Gasteiger partial charge on any atom is 0.200 e. The van der Waals surface area contributed by atoms with Gasteiger partial charge in [0.25, 0.3) is 0 Å². The van der Waals surface area contributed by atoms with Crippen LogP contribution in [-0.2, 0) is 6.54 Å². The van der Waals surface area contributed by atoms with Crippen molar-refractivity contribution in [3.05, 3.63) is 18.0 Å². The monoisotopic (exact) mass is 149 g/mol. The number of hydrogen-bond acceptors (Lipinski definition) is 2. The van der Waals surface area contributed by atoms with Gasteiger partial charge in [-0.25, -0.2) is 4.98 Å². The quantitative estimate of drug-likeness (QED) is 0.603. The van der Waals surface area contributed by atoms with Crippen molar-refractivity contribution in [1.29, 1.82) is 0 Å². The van der Waals surface area contributed by atoms with E-state index in [0.29, 0.717) is 5.95 Å². The molecule has 58 valence electrons. The molecule has 1 aromatic rings. The lowest BCUT2D eigenvalue weighted by Gasteiger charge is -2.13. The predicted molar refractivity (Wildman–Crippen MR) is 44.9 cm³/mol. The van der Waals surface area contributed by atoms with Crippen molar-refractivity contribution in [2.24, 2.45) is 0 Å². The van der Waals surface area contributed by atoms with E-state index in [1.165, 1.54) is 5.57 Å². The Morgan fingerprint density at radius 1 is 1.64 bits per heavy atom. The highest BCUT2D eigenvalue weighted by atomic mass is 15.2. The molecule has 0 aromatic carbocycles. The zero-order chi connectivity index (χ0) is 7.84. The van der Waals surface area contributed by atoms with Crippen molar-refractivity contribution >= 4 is 11.5 Å². The van der Waals surface area contributed by atoms with Crippen molar-refractivity contribution in [1.82, 2.24) is 9.55 Å². The Bertz CT molecular complexity index is 309. The molecule has 0 spiro atoms. The van der Waals surface area contributed by atoms with Crippen molar-refractivity contribution in [3.8, 4) is 0 Å². The van der Waals surface area contributed by atoms with Crippen LogP contribution in [0.5, 0.6) is 0 Å². The van der Waals surface area contributed by atoms with Crippen LogP contribution >= 0.6 is 0 Å². The van der Waals surface area contributed by atoms with Crippen LogP contribution in [0.25, 0.3) is 5.57 Å². The average molecular weight is 149 g/mol. The van der Waals surface area contributed by atoms with Crippen LogP contribution in [0.15, 0.2) is 12.3 Å². The summed E-state index contributed by atoms with van der Waals surface area (Å²) in [6, 6.07) is 0. The molecule has 3 heteroatoms. The number of rotatable bonds is 0. The minimum atomic E-state index is 0.632. The molecule has 2 heterocycles. The summed E-state index contributed by atoms with van der Waals surface area (Å²) >= 11 is 0. The molecule has 0 amide bonds. The van der Waals surface area contributed by atoms with E-state index in [-0.39, 0.29) is 0 Å². The summed E-state index contributed by atoms with van der Waals surface area (Å²) in [7, 11) is 0. The second-order valence-electron chi connectivity index (χ2n) is 2.83. The maximum atomic E-state index is 5.65. The van der Waals surface area contributed by atoms with Gasteiger partial charge in [-0.1, -0.05) is 6.08 Å². The normalized spacial score (nSPS) is 15.9. The predicted octanol–water partition coefficient (Wildman–Crippen LogP) is 1.27. The van der Waals surface area contributed by atoms with Gasteiger partial charge in [0.05, 0.1) is 11.9 Å². The summed E-state index contributed by atoms with van der Waals surface area (Å²) in [4.78, 5) is 4.05. The minimum Gasteiger partial charge on any atom is -0.369 e. The second-order valence-corrected chi connectivity index (χ2v) is 2.83. The molecule has 2 N–H and O–H groups in total. The molecule has 0 fully saturated rings. The van der Waals surface area contributed by atoms with Crippen molar-refractivity contribution < 1.29 is 0 Å². The van der Waals surface area contributed by atoms with Gasteiger partial charge >= 0.3 is 0 Å². The van der Waals surface area contributed by atoms with Crippen LogP contribution < -0.4 is 5.73 Å². The summed E-state index contributed by atoms with van der Waals surface area (Å²) in [5.74, 6) is 0.632. The first-order chi connectivity index (χ1) is 5.29. The summed E-state index contributed by atoms with van der Waals surface area (Å²) in [6.07, 6.45) is 5.12. The van der Waals surface area contributed by atoms with Gasteiger partial charge in [0, 0.05) is 6.54 Å². The first-order valence-electron chi connectivity index (χ1n) is 3.77. The SMILES string of the molecule is CC1=CCCn2c1cnc2N. The number of fused-ring (bicyclic) bond motifs is 1. The number of imidazole rings is 1. The average Bonchev–Trinajstić information content (AvgIpc) is 2.35. The number of allylic oxidation sites excluding steroid dienone is 2. The Kier molecular flexibility index (Phi) is 1.24. The molecule has 1 aliphatic heterocycles. The molecule has 1 aromatic heterocycles. The highest BCUT2D eigenvalue weighted by Crippen LogP contribution is 2.22. The third kappa shape index (κ3) is 0.843. The molecule has 0 bridgehead atoms. The lowest BCUT2D eigenvalue weighted by molar-refractivity contribution is 0.697. The third-order valence-corrected chi connectivity index (χ3v) is 2.09. The van der Waals surface area contributed by atoms with Crippen molar-refractivity contribution in [2.75, 3.05) is 5.73 Å². The van der Waals surface area contributed by atoms with E-state index in [0.717, 1.165) is 18.7 Å². The number of hydrogen-bond donors (Lipinski definition) is 1. The minimum absolute atomic E-state index is 0.632. The van der Waals surface area contributed by atoms with Crippen LogP contribution in [0.4, 0.5) is 5.95 Å². The van der Waals surface area contributed by atoms with E-state index < -0.39 is 0 Å². The van der Waals surface area contributed by atoms with Gasteiger partial charge in [-0.15, -0.1) is 0 Å². The van der Waals surface area contributed by atoms with Gasteiger partial charge in [-0.3, -0.25) is 0 Å². The molecule has 0 aliphatic carbocycles. The number of nitrogen functional groups attached to an aromatic ring is 1. The number of nitrogens with two attached hydrogens (primary N) is 1. The Hall–Kier alpha value is -1.25. The smallest absolute Gasteiger partial charge is 0.200 e. The topological polar surface area (TPSA) is 43.8 Å². The molecule has 3 nitrogen and oxygen atoms in total. The number of aromatic nitrogens is 2. The highest BCUT2D eigenvalue weighted by Gasteiger charge is 2.11. The zero-order valence-corrected chi connectivity index (χ0v) is 6.54. The van der Waals surface area contributed by atoms with Gasteiger partial charge in [-0.2, -0.15) is 0 Å². The fourth-order valence-electron chi connectivity index (χ4n) is 1.45. The number of nitrogens with zero attached hydrogens (tertiary/aromatic N) is 2. The van der Waals surface area contributed by atoms with Gasteiger partial charge in [0.2, 0.25) is 5.95 Å². The number of anilines is 1. The summed E-state index contributed by atoms with van der Waals surface area (Å²) < 4.78 is 2.05. The summed E-state index contributed by atoms with van der Waals surface area (Å²) in [5.41, 5.74) is 8.09. The maximum absolute atomic E-state index is 5.65. The molecule has 0 atom stereocenters. The molecule has 0 unspecified atom stereocenters. The Labute approximate surface area is 65.5 Å². The first kappa shape index (κ1) is 6.46.